The molecule has 0 aromatic carbocycles. The van der Waals surface area contributed by atoms with Crippen LogP contribution in [-0.4, -0.2) is 22.1 Å². The Hall–Kier alpha value is -1.03. The highest BCUT2D eigenvalue weighted by Gasteiger charge is 2.10. The third kappa shape index (κ3) is 3.23. The lowest BCUT2D eigenvalue weighted by Gasteiger charge is -2.15. The second kappa shape index (κ2) is 5.89. The molecular weight excluding hydrogens is 202 g/mol. The van der Waals surface area contributed by atoms with Gasteiger partial charge in [0.05, 0.1) is 0 Å². The minimum Gasteiger partial charge on any atom is -0.313 e. The summed E-state index contributed by atoms with van der Waals surface area (Å²) in [5, 5.41) is 3.55. The fraction of sp³-hybridized carbons (Fsp3) is 0.750. The van der Waals surface area contributed by atoms with E-state index in [1.165, 1.54) is 38.5 Å². The molecule has 1 saturated carbocycles. The van der Waals surface area contributed by atoms with Gasteiger partial charge in [0.15, 0.2) is 0 Å². The van der Waals surface area contributed by atoms with Crippen molar-refractivity contribution < 1.29 is 0 Å². The van der Waals surface area contributed by atoms with Crippen LogP contribution in [0.4, 0.5) is 0 Å². The summed E-state index contributed by atoms with van der Waals surface area (Å²) in [4.78, 5) is 13.9. The largest absolute Gasteiger partial charge is 0.325 e. The van der Waals surface area contributed by atoms with Gasteiger partial charge in [-0.2, -0.15) is 0 Å². The summed E-state index contributed by atoms with van der Waals surface area (Å²) in [6.07, 6.45) is 11.5. The van der Waals surface area contributed by atoms with E-state index in [0.29, 0.717) is 6.04 Å². The second-order valence-electron chi connectivity index (χ2n) is 4.60. The number of nitrogens with zero attached hydrogens (tertiary/aromatic N) is 1. The van der Waals surface area contributed by atoms with E-state index in [1.807, 2.05) is 0 Å². The number of imidazole rings is 1. The molecule has 2 N–H and O–H groups in total. The molecule has 1 heterocycles. The van der Waals surface area contributed by atoms with Crippen LogP contribution in [0.15, 0.2) is 17.2 Å². The highest BCUT2D eigenvalue weighted by Crippen LogP contribution is 2.16. The minimum atomic E-state index is -0.0114. The molecule has 1 aromatic rings. The number of rotatable bonds is 4. The Labute approximate surface area is 96.1 Å². The highest BCUT2D eigenvalue weighted by atomic mass is 16.1. The Morgan fingerprint density at radius 1 is 1.31 bits per heavy atom. The quantitative estimate of drug-likeness (QED) is 0.760. The van der Waals surface area contributed by atoms with Gasteiger partial charge in [-0.15, -0.1) is 0 Å². The van der Waals surface area contributed by atoms with Crippen molar-refractivity contribution in [1.29, 1.82) is 0 Å². The summed E-state index contributed by atoms with van der Waals surface area (Å²) in [5.41, 5.74) is -0.0114. The fourth-order valence-electron chi connectivity index (χ4n) is 2.40. The summed E-state index contributed by atoms with van der Waals surface area (Å²) >= 11 is 0. The molecule has 0 radical (unpaired) electrons. The number of hydrogen-bond donors (Lipinski definition) is 2. The van der Waals surface area contributed by atoms with Crippen molar-refractivity contribution >= 4 is 0 Å². The van der Waals surface area contributed by atoms with Crippen molar-refractivity contribution in [2.75, 3.05) is 6.54 Å². The topological polar surface area (TPSA) is 49.8 Å². The highest BCUT2D eigenvalue weighted by molar-refractivity contribution is 4.77. The van der Waals surface area contributed by atoms with Gasteiger partial charge in [-0.05, 0) is 12.8 Å². The van der Waals surface area contributed by atoms with Gasteiger partial charge in [0.1, 0.15) is 0 Å². The molecule has 16 heavy (non-hydrogen) atoms. The van der Waals surface area contributed by atoms with Crippen molar-refractivity contribution in [1.82, 2.24) is 14.9 Å². The minimum absolute atomic E-state index is 0.0114. The zero-order valence-corrected chi connectivity index (χ0v) is 9.74. The monoisotopic (exact) mass is 223 g/mol. The maximum Gasteiger partial charge on any atom is 0.325 e. The van der Waals surface area contributed by atoms with E-state index in [9.17, 15) is 4.79 Å². The van der Waals surface area contributed by atoms with Crippen LogP contribution in [0.1, 0.15) is 38.5 Å². The van der Waals surface area contributed by atoms with E-state index < -0.39 is 0 Å². The first-order chi connectivity index (χ1) is 7.86. The third-order valence-corrected chi connectivity index (χ3v) is 3.36. The molecule has 0 atom stereocenters. The summed E-state index contributed by atoms with van der Waals surface area (Å²) in [7, 11) is 0. The average Bonchev–Trinajstić information content (AvgIpc) is 2.55. The van der Waals surface area contributed by atoms with Gasteiger partial charge in [-0.25, -0.2) is 4.79 Å². The van der Waals surface area contributed by atoms with Gasteiger partial charge in [0.2, 0.25) is 0 Å². The summed E-state index contributed by atoms with van der Waals surface area (Å²) < 4.78 is 1.71. The molecule has 2 rings (SSSR count). The van der Waals surface area contributed by atoms with Crippen LogP contribution in [0.3, 0.4) is 0 Å². The Bertz CT molecular complexity index is 347. The van der Waals surface area contributed by atoms with E-state index in [4.69, 9.17) is 0 Å². The lowest BCUT2D eigenvalue weighted by Crippen LogP contribution is -2.33. The standard InChI is InChI=1S/C12H21N3O/c16-12-14-8-10-15(12)9-7-13-11-5-3-1-2-4-6-11/h8,10-11,13H,1-7,9H2,(H,14,16). The number of aromatic nitrogens is 2. The van der Waals surface area contributed by atoms with E-state index in [1.54, 1.807) is 17.0 Å². The predicted molar refractivity (Wildman–Crippen MR) is 64.5 cm³/mol. The molecule has 1 fully saturated rings. The molecule has 0 spiro atoms. The Balaban J connectivity index is 1.71. The molecular formula is C12H21N3O. The molecule has 4 heteroatoms. The predicted octanol–water partition coefficient (Wildman–Crippen LogP) is 1.49. The fourth-order valence-corrected chi connectivity index (χ4v) is 2.40. The van der Waals surface area contributed by atoms with Crippen LogP contribution in [-0.2, 0) is 6.54 Å². The van der Waals surface area contributed by atoms with Crippen molar-refractivity contribution in [3.8, 4) is 0 Å². The summed E-state index contributed by atoms with van der Waals surface area (Å²) in [6.45, 7) is 1.65. The third-order valence-electron chi connectivity index (χ3n) is 3.36. The van der Waals surface area contributed by atoms with Crippen LogP contribution < -0.4 is 11.0 Å². The first-order valence-electron chi connectivity index (χ1n) is 6.33. The zero-order valence-electron chi connectivity index (χ0n) is 9.74. The SMILES string of the molecule is O=c1[nH]ccn1CCNC1CCCCCC1. The van der Waals surface area contributed by atoms with Gasteiger partial charge in [0.25, 0.3) is 0 Å². The lowest BCUT2D eigenvalue weighted by atomic mass is 10.1. The summed E-state index contributed by atoms with van der Waals surface area (Å²) in [6, 6.07) is 0.664. The number of H-pyrrole nitrogens is 1. The van der Waals surface area contributed by atoms with Crippen LogP contribution in [0.25, 0.3) is 0 Å². The number of hydrogen-bond acceptors (Lipinski definition) is 2. The van der Waals surface area contributed by atoms with Crippen LogP contribution in [0.5, 0.6) is 0 Å². The van der Waals surface area contributed by atoms with E-state index in [0.717, 1.165) is 13.1 Å². The molecule has 1 aliphatic rings. The molecule has 0 unspecified atom stereocenters. The number of aromatic amines is 1. The van der Waals surface area contributed by atoms with Crippen molar-refractivity contribution in [2.24, 2.45) is 0 Å². The molecule has 0 amide bonds. The van der Waals surface area contributed by atoms with E-state index in [2.05, 4.69) is 10.3 Å². The molecule has 0 bridgehead atoms. The zero-order chi connectivity index (χ0) is 11.2. The van der Waals surface area contributed by atoms with Gasteiger partial charge in [-0.1, -0.05) is 25.7 Å². The van der Waals surface area contributed by atoms with Crippen molar-refractivity contribution in [3.63, 3.8) is 0 Å². The van der Waals surface area contributed by atoms with E-state index >= 15 is 0 Å². The molecule has 1 aliphatic carbocycles. The molecule has 0 saturated heterocycles. The molecule has 4 nitrogen and oxygen atoms in total. The van der Waals surface area contributed by atoms with E-state index in [-0.39, 0.29) is 5.69 Å². The maximum absolute atomic E-state index is 11.2. The Kier molecular flexibility index (Phi) is 4.22. The lowest BCUT2D eigenvalue weighted by molar-refractivity contribution is 0.443. The second-order valence-corrected chi connectivity index (χ2v) is 4.60. The molecule has 1 aromatic heterocycles. The van der Waals surface area contributed by atoms with Crippen LogP contribution >= 0.6 is 0 Å². The Morgan fingerprint density at radius 3 is 2.69 bits per heavy atom. The average molecular weight is 223 g/mol. The molecule has 90 valence electrons. The van der Waals surface area contributed by atoms with Crippen LogP contribution in [0.2, 0.25) is 0 Å². The summed E-state index contributed by atoms with van der Waals surface area (Å²) in [5.74, 6) is 0. The van der Waals surface area contributed by atoms with Crippen molar-refractivity contribution in [3.05, 3.63) is 22.9 Å². The van der Waals surface area contributed by atoms with Gasteiger partial charge in [-0.3, -0.25) is 4.57 Å². The Morgan fingerprint density at radius 2 is 2.06 bits per heavy atom. The maximum atomic E-state index is 11.2. The van der Waals surface area contributed by atoms with Crippen molar-refractivity contribution in [2.45, 2.75) is 51.1 Å². The van der Waals surface area contributed by atoms with Gasteiger partial charge >= 0.3 is 5.69 Å². The number of nitrogens with one attached hydrogen (secondary N) is 2. The first kappa shape index (κ1) is 11.5. The van der Waals surface area contributed by atoms with Gasteiger partial charge < -0.3 is 10.3 Å². The van der Waals surface area contributed by atoms with Crippen LogP contribution in [0, 0.1) is 0 Å². The first-order valence-corrected chi connectivity index (χ1v) is 6.33. The smallest absolute Gasteiger partial charge is 0.313 e. The normalized spacial score (nSPS) is 18.5. The van der Waals surface area contributed by atoms with Gasteiger partial charge in [0, 0.05) is 31.5 Å². The molecule has 0 aliphatic heterocycles.